The molecule has 4 aromatic rings. The van der Waals surface area contributed by atoms with Crippen molar-refractivity contribution in [2.24, 2.45) is 5.92 Å². The number of H-pyrrole nitrogens is 1. The standard InChI is InChI=1S/C35H39FN4O4/c1-24-5-10-32(36)27(16-24)18-29(42)17-25-6-8-30(9-7-25)44-31-11-13-37-34(20-31)33-19-28(21-39-33)35(43)38-12-3-15-40-14-2-4-26(22-40)23-41/h5-11,13,16,19-21,26,39,41H,2-4,12,14-15,17-18,22-23H2,1H3,(H,38,43). The van der Waals surface area contributed by atoms with E-state index in [4.69, 9.17) is 4.74 Å². The largest absolute Gasteiger partial charge is 0.457 e. The Morgan fingerprint density at radius 1 is 1.09 bits per heavy atom. The summed E-state index contributed by atoms with van der Waals surface area (Å²) in [5, 5.41) is 12.4. The van der Waals surface area contributed by atoms with E-state index in [-0.39, 0.29) is 37.0 Å². The van der Waals surface area contributed by atoms with Crippen LogP contribution >= 0.6 is 0 Å². The van der Waals surface area contributed by atoms with Crippen molar-refractivity contribution >= 4 is 11.7 Å². The number of carbonyl (C=O) groups is 2. The lowest BCUT2D eigenvalue weighted by Gasteiger charge is -2.31. The molecule has 1 aliphatic heterocycles. The van der Waals surface area contributed by atoms with Crippen LogP contribution in [0.1, 0.15) is 46.3 Å². The molecule has 1 saturated heterocycles. The smallest absolute Gasteiger partial charge is 0.252 e. The third kappa shape index (κ3) is 8.61. The monoisotopic (exact) mass is 598 g/mol. The fourth-order valence-corrected chi connectivity index (χ4v) is 5.56. The number of carbonyl (C=O) groups excluding carboxylic acids is 2. The van der Waals surface area contributed by atoms with E-state index in [1.165, 1.54) is 6.07 Å². The van der Waals surface area contributed by atoms with E-state index in [1.807, 2.05) is 19.1 Å². The van der Waals surface area contributed by atoms with Crippen LogP contribution in [0.2, 0.25) is 0 Å². The van der Waals surface area contributed by atoms with E-state index < -0.39 is 0 Å². The Kier molecular flexibility index (Phi) is 10.5. The number of hydrogen-bond donors (Lipinski definition) is 3. The summed E-state index contributed by atoms with van der Waals surface area (Å²) in [6.07, 6.45) is 6.62. The molecule has 230 valence electrons. The van der Waals surface area contributed by atoms with Crippen molar-refractivity contribution in [3.63, 3.8) is 0 Å². The molecular weight excluding hydrogens is 559 g/mol. The number of piperidine rings is 1. The number of aliphatic hydroxyl groups excluding tert-OH is 1. The fraction of sp³-hybridized carbons (Fsp3) is 0.343. The number of Topliss-reactive ketones (excluding diaryl/α,β-unsaturated/α-hetero) is 1. The summed E-state index contributed by atoms with van der Waals surface area (Å²) in [6, 6.07) is 17.4. The summed E-state index contributed by atoms with van der Waals surface area (Å²) < 4.78 is 20.1. The van der Waals surface area contributed by atoms with Gasteiger partial charge in [0, 0.05) is 51.0 Å². The molecule has 0 bridgehead atoms. The van der Waals surface area contributed by atoms with Crippen LogP contribution in [0.15, 0.2) is 73.1 Å². The van der Waals surface area contributed by atoms with Gasteiger partial charge in [0.1, 0.15) is 23.1 Å². The Labute approximate surface area is 257 Å². The molecule has 2 aromatic carbocycles. The number of ketones is 1. The maximum atomic E-state index is 14.0. The van der Waals surface area contributed by atoms with Gasteiger partial charge in [-0.15, -0.1) is 0 Å². The maximum absolute atomic E-state index is 14.0. The Hall–Kier alpha value is -4.34. The fourth-order valence-electron chi connectivity index (χ4n) is 5.56. The van der Waals surface area contributed by atoms with Crippen LogP contribution in [0.25, 0.3) is 11.4 Å². The number of aromatic nitrogens is 2. The molecule has 8 nitrogen and oxygen atoms in total. The Morgan fingerprint density at radius 2 is 1.93 bits per heavy atom. The van der Waals surface area contributed by atoms with E-state index in [1.54, 1.807) is 54.9 Å². The summed E-state index contributed by atoms with van der Waals surface area (Å²) in [7, 11) is 0. The first-order valence-corrected chi connectivity index (χ1v) is 15.2. The minimum absolute atomic E-state index is 0.0545. The van der Waals surface area contributed by atoms with Gasteiger partial charge in [-0.2, -0.15) is 0 Å². The molecule has 1 atom stereocenters. The van der Waals surface area contributed by atoms with Gasteiger partial charge in [-0.3, -0.25) is 14.6 Å². The van der Waals surface area contributed by atoms with E-state index in [0.29, 0.717) is 46.5 Å². The zero-order chi connectivity index (χ0) is 30.9. The Morgan fingerprint density at radius 3 is 2.75 bits per heavy atom. The molecule has 5 rings (SSSR count). The summed E-state index contributed by atoms with van der Waals surface area (Å²) in [4.78, 5) is 35.2. The number of rotatable bonds is 13. The van der Waals surface area contributed by atoms with Crippen molar-refractivity contribution in [2.75, 3.05) is 32.8 Å². The van der Waals surface area contributed by atoms with Gasteiger partial charge in [-0.05, 0) is 86.7 Å². The lowest BCUT2D eigenvalue weighted by molar-refractivity contribution is -0.117. The molecule has 9 heteroatoms. The highest BCUT2D eigenvalue weighted by atomic mass is 19.1. The van der Waals surface area contributed by atoms with Gasteiger partial charge in [-0.1, -0.05) is 29.8 Å². The molecule has 1 amide bonds. The molecule has 2 aromatic heterocycles. The van der Waals surface area contributed by atoms with Crippen LogP contribution in [0.4, 0.5) is 4.39 Å². The molecule has 0 spiro atoms. The van der Waals surface area contributed by atoms with Gasteiger partial charge >= 0.3 is 0 Å². The van der Waals surface area contributed by atoms with Crippen molar-refractivity contribution in [3.8, 4) is 22.9 Å². The third-order valence-electron chi connectivity index (χ3n) is 7.90. The number of nitrogens with one attached hydrogen (secondary N) is 2. The summed E-state index contributed by atoms with van der Waals surface area (Å²) in [6.45, 7) is 5.57. The Balaban J connectivity index is 1.10. The molecule has 3 heterocycles. The average molecular weight is 599 g/mol. The summed E-state index contributed by atoms with van der Waals surface area (Å²) >= 11 is 0. The molecule has 0 saturated carbocycles. The van der Waals surface area contributed by atoms with Crippen LogP contribution in [0.5, 0.6) is 11.5 Å². The highest BCUT2D eigenvalue weighted by Crippen LogP contribution is 2.26. The SMILES string of the molecule is Cc1ccc(F)c(CC(=O)Cc2ccc(Oc3ccnc(-c4cc(C(=O)NCCCN5CCCC(CO)C5)c[nH]4)c3)cc2)c1. The summed E-state index contributed by atoms with van der Waals surface area (Å²) in [5.41, 5.74) is 4.02. The van der Waals surface area contributed by atoms with E-state index in [2.05, 4.69) is 20.2 Å². The van der Waals surface area contributed by atoms with Crippen LogP contribution in [0.3, 0.4) is 0 Å². The number of benzene rings is 2. The molecule has 0 aliphatic carbocycles. The molecule has 1 unspecified atom stereocenters. The minimum Gasteiger partial charge on any atom is -0.457 e. The lowest BCUT2D eigenvalue weighted by atomic mass is 9.99. The number of likely N-dealkylation sites (tertiary alicyclic amines) is 1. The molecule has 0 radical (unpaired) electrons. The van der Waals surface area contributed by atoms with Crippen LogP contribution in [-0.4, -0.2) is 64.5 Å². The third-order valence-corrected chi connectivity index (χ3v) is 7.90. The first-order chi connectivity index (χ1) is 21.4. The number of aromatic amines is 1. The number of aryl methyl sites for hydroxylation is 1. The number of nitrogens with zero attached hydrogens (tertiary/aromatic N) is 2. The van der Waals surface area contributed by atoms with Gasteiger partial charge in [0.15, 0.2) is 0 Å². The second kappa shape index (κ2) is 14.9. The highest BCUT2D eigenvalue weighted by Gasteiger charge is 2.19. The molecule has 3 N–H and O–H groups in total. The highest BCUT2D eigenvalue weighted by molar-refractivity contribution is 5.95. The van der Waals surface area contributed by atoms with Crippen LogP contribution < -0.4 is 10.1 Å². The number of ether oxygens (including phenoxy) is 1. The first-order valence-electron chi connectivity index (χ1n) is 15.2. The van der Waals surface area contributed by atoms with Crippen molar-refractivity contribution in [1.29, 1.82) is 0 Å². The number of amides is 1. The van der Waals surface area contributed by atoms with E-state index in [9.17, 15) is 19.1 Å². The van der Waals surface area contributed by atoms with Crippen molar-refractivity contribution < 1.29 is 23.8 Å². The lowest BCUT2D eigenvalue weighted by Crippen LogP contribution is -2.38. The van der Waals surface area contributed by atoms with Crippen molar-refractivity contribution in [3.05, 3.63) is 101 Å². The molecule has 1 fully saturated rings. The number of pyridine rings is 1. The number of hydrogen-bond acceptors (Lipinski definition) is 6. The zero-order valence-corrected chi connectivity index (χ0v) is 25.0. The summed E-state index contributed by atoms with van der Waals surface area (Å²) in [5.74, 6) is 0.979. The second-order valence-electron chi connectivity index (χ2n) is 11.5. The zero-order valence-electron chi connectivity index (χ0n) is 25.0. The maximum Gasteiger partial charge on any atom is 0.252 e. The van der Waals surface area contributed by atoms with Crippen LogP contribution in [-0.2, 0) is 17.6 Å². The molecule has 44 heavy (non-hydrogen) atoms. The molecular formula is C35H39FN4O4. The van der Waals surface area contributed by atoms with Gasteiger partial charge in [0.05, 0.1) is 17.0 Å². The predicted octanol–water partition coefficient (Wildman–Crippen LogP) is 5.50. The van der Waals surface area contributed by atoms with Gasteiger partial charge in [-0.25, -0.2) is 4.39 Å². The van der Waals surface area contributed by atoms with Crippen molar-refractivity contribution in [1.82, 2.24) is 20.2 Å². The van der Waals surface area contributed by atoms with Crippen LogP contribution in [0, 0.1) is 18.7 Å². The van der Waals surface area contributed by atoms with E-state index >= 15 is 0 Å². The number of aliphatic hydroxyl groups is 1. The predicted molar refractivity (Wildman–Crippen MR) is 167 cm³/mol. The second-order valence-corrected chi connectivity index (χ2v) is 11.5. The minimum atomic E-state index is -0.361. The number of halogens is 1. The normalized spacial score (nSPS) is 15.2. The van der Waals surface area contributed by atoms with Crippen molar-refractivity contribution in [2.45, 2.75) is 39.0 Å². The Bertz CT molecular complexity index is 1570. The first kappa shape index (κ1) is 31.1. The topological polar surface area (TPSA) is 108 Å². The molecule has 1 aliphatic rings. The van der Waals surface area contributed by atoms with Gasteiger partial charge < -0.3 is 25.0 Å². The average Bonchev–Trinajstić information content (AvgIpc) is 3.53. The van der Waals surface area contributed by atoms with Gasteiger partial charge in [0.25, 0.3) is 5.91 Å². The quantitative estimate of drug-likeness (QED) is 0.176. The van der Waals surface area contributed by atoms with Gasteiger partial charge in [0.2, 0.25) is 0 Å². The van der Waals surface area contributed by atoms with E-state index in [0.717, 1.165) is 50.0 Å².